The van der Waals surface area contributed by atoms with Crippen molar-refractivity contribution >= 4 is 40.4 Å². The van der Waals surface area contributed by atoms with Crippen molar-refractivity contribution in [2.24, 2.45) is 0 Å². The second kappa shape index (κ2) is 10.5. The average Bonchev–Trinajstić information content (AvgIpc) is 3.50. The Hall–Kier alpha value is -2.32. The Kier molecular flexibility index (Phi) is 7.52. The van der Waals surface area contributed by atoms with Crippen molar-refractivity contribution in [1.29, 1.82) is 0 Å². The molecular formula is C23H22Cl2N2O4S. The van der Waals surface area contributed by atoms with Crippen LogP contribution in [0.25, 0.3) is 10.6 Å². The summed E-state index contributed by atoms with van der Waals surface area (Å²) in [7, 11) is 1.58. The van der Waals surface area contributed by atoms with E-state index in [0.717, 1.165) is 35.6 Å². The number of aromatic nitrogens is 1. The maximum Gasteiger partial charge on any atom is 0.270 e. The number of thiazole rings is 1. The number of benzene rings is 2. The summed E-state index contributed by atoms with van der Waals surface area (Å²) in [6.07, 6.45) is 2.11. The van der Waals surface area contributed by atoms with Crippen LogP contribution in [0.2, 0.25) is 10.0 Å². The van der Waals surface area contributed by atoms with Gasteiger partial charge >= 0.3 is 0 Å². The molecule has 9 heteroatoms. The number of ether oxygens (including phenoxy) is 3. The molecule has 0 saturated carbocycles. The first-order chi connectivity index (χ1) is 15.5. The van der Waals surface area contributed by atoms with E-state index >= 15 is 0 Å². The second-order valence-corrected chi connectivity index (χ2v) is 8.96. The van der Waals surface area contributed by atoms with E-state index in [2.05, 4.69) is 10.3 Å². The number of halogens is 2. The molecule has 6 nitrogen and oxygen atoms in total. The van der Waals surface area contributed by atoms with Gasteiger partial charge in [0.05, 0.1) is 23.3 Å². The maximum absolute atomic E-state index is 12.4. The second-order valence-electron chi connectivity index (χ2n) is 7.29. The number of carbonyl (C=O) groups is 1. The van der Waals surface area contributed by atoms with Gasteiger partial charge in [0.25, 0.3) is 5.91 Å². The minimum absolute atomic E-state index is 0.0951. The SMILES string of the molecule is COc1cc(-c2nc(C(=O)NC[C@@H]3CCCO3)cs2)ccc1OCc1ccc(Cl)c(Cl)c1. The third-order valence-corrected chi connectivity index (χ3v) is 6.67. The zero-order valence-corrected chi connectivity index (χ0v) is 19.7. The van der Waals surface area contributed by atoms with Crippen LogP contribution in [0.1, 0.15) is 28.9 Å². The molecule has 0 aliphatic carbocycles. The largest absolute Gasteiger partial charge is 0.493 e. The fourth-order valence-corrected chi connectivity index (χ4v) is 4.44. The number of hydrogen-bond donors (Lipinski definition) is 1. The van der Waals surface area contributed by atoms with Gasteiger partial charge in [-0.2, -0.15) is 0 Å². The van der Waals surface area contributed by atoms with E-state index in [0.29, 0.717) is 40.4 Å². The first-order valence-corrected chi connectivity index (χ1v) is 11.8. The maximum atomic E-state index is 12.4. The Morgan fingerprint density at radius 3 is 2.84 bits per heavy atom. The van der Waals surface area contributed by atoms with E-state index < -0.39 is 0 Å². The molecule has 0 unspecified atom stereocenters. The highest BCUT2D eigenvalue weighted by atomic mass is 35.5. The molecule has 1 N–H and O–H groups in total. The van der Waals surface area contributed by atoms with Gasteiger partial charge < -0.3 is 19.5 Å². The summed E-state index contributed by atoms with van der Waals surface area (Å²) in [5.74, 6) is 0.965. The number of nitrogens with one attached hydrogen (secondary N) is 1. The van der Waals surface area contributed by atoms with Crippen LogP contribution in [-0.4, -0.2) is 37.3 Å². The molecule has 32 heavy (non-hydrogen) atoms. The fraction of sp³-hybridized carbons (Fsp3) is 0.304. The molecule has 1 saturated heterocycles. The van der Waals surface area contributed by atoms with Crippen molar-refractivity contribution in [2.75, 3.05) is 20.3 Å². The number of hydrogen-bond acceptors (Lipinski definition) is 6. The van der Waals surface area contributed by atoms with E-state index in [4.69, 9.17) is 37.4 Å². The molecule has 1 atom stereocenters. The Labute approximate surface area is 200 Å². The van der Waals surface area contributed by atoms with Crippen molar-refractivity contribution in [2.45, 2.75) is 25.6 Å². The van der Waals surface area contributed by atoms with Gasteiger partial charge in [-0.15, -0.1) is 11.3 Å². The number of carbonyl (C=O) groups excluding carboxylic acids is 1. The predicted octanol–water partition coefficient (Wildman–Crippen LogP) is 5.61. The molecule has 0 radical (unpaired) electrons. The number of methoxy groups -OCH3 is 1. The number of amides is 1. The lowest BCUT2D eigenvalue weighted by molar-refractivity contribution is 0.0854. The highest BCUT2D eigenvalue weighted by Crippen LogP contribution is 2.34. The van der Waals surface area contributed by atoms with Crippen LogP contribution in [0.15, 0.2) is 41.8 Å². The summed E-state index contributed by atoms with van der Waals surface area (Å²) in [5, 5.41) is 6.35. The summed E-state index contributed by atoms with van der Waals surface area (Å²) >= 11 is 13.4. The molecule has 2 aromatic carbocycles. The molecular weight excluding hydrogens is 471 g/mol. The molecule has 4 rings (SSSR count). The van der Waals surface area contributed by atoms with E-state index in [1.807, 2.05) is 24.3 Å². The van der Waals surface area contributed by atoms with Gasteiger partial charge in [-0.05, 0) is 48.7 Å². The predicted molar refractivity (Wildman–Crippen MR) is 126 cm³/mol. The van der Waals surface area contributed by atoms with Crippen LogP contribution in [-0.2, 0) is 11.3 Å². The van der Waals surface area contributed by atoms with Gasteiger partial charge in [0.15, 0.2) is 11.5 Å². The summed E-state index contributed by atoms with van der Waals surface area (Å²) in [6, 6.07) is 10.9. The summed E-state index contributed by atoms with van der Waals surface area (Å²) < 4.78 is 16.9. The van der Waals surface area contributed by atoms with Crippen LogP contribution in [0.3, 0.4) is 0 Å². The Balaban J connectivity index is 1.41. The highest BCUT2D eigenvalue weighted by Gasteiger charge is 2.18. The van der Waals surface area contributed by atoms with Crippen LogP contribution >= 0.6 is 34.5 Å². The topological polar surface area (TPSA) is 69.7 Å². The van der Waals surface area contributed by atoms with Gasteiger partial charge in [0.2, 0.25) is 0 Å². The third-order valence-electron chi connectivity index (χ3n) is 5.04. The normalized spacial score (nSPS) is 15.5. The van der Waals surface area contributed by atoms with Crippen LogP contribution in [0, 0.1) is 0 Å². The van der Waals surface area contributed by atoms with Gasteiger partial charge in [0, 0.05) is 24.1 Å². The van der Waals surface area contributed by atoms with Gasteiger partial charge in [-0.3, -0.25) is 4.79 Å². The third kappa shape index (κ3) is 5.53. The lowest BCUT2D eigenvalue weighted by Gasteiger charge is -2.12. The van der Waals surface area contributed by atoms with E-state index in [-0.39, 0.29) is 12.0 Å². The van der Waals surface area contributed by atoms with Crippen LogP contribution in [0.5, 0.6) is 11.5 Å². The molecule has 2 heterocycles. The van der Waals surface area contributed by atoms with E-state index in [1.165, 1.54) is 11.3 Å². The molecule has 1 amide bonds. The fourth-order valence-electron chi connectivity index (χ4n) is 3.32. The van der Waals surface area contributed by atoms with Crippen molar-refractivity contribution in [3.63, 3.8) is 0 Å². The average molecular weight is 493 g/mol. The number of nitrogens with zero attached hydrogens (tertiary/aromatic N) is 1. The van der Waals surface area contributed by atoms with Gasteiger partial charge in [-0.25, -0.2) is 4.98 Å². The minimum atomic E-state index is -0.198. The van der Waals surface area contributed by atoms with Crippen LogP contribution < -0.4 is 14.8 Å². The van der Waals surface area contributed by atoms with Crippen molar-refractivity contribution in [1.82, 2.24) is 10.3 Å². The van der Waals surface area contributed by atoms with E-state index in [9.17, 15) is 4.79 Å². The summed E-state index contributed by atoms with van der Waals surface area (Å²) in [4.78, 5) is 16.9. The summed E-state index contributed by atoms with van der Waals surface area (Å²) in [6.45, 7) is 1.58. The quantitative estimate of drug-likeness (QED) is 0.442. The molecule has 0 bridgehead atoms. The minimum Gasteiger partial charge on any atom is -0.493 e. The molecule has 3 aromatic rings. The van der Waals surface area contributed by atoms with Crippen molar-refractivity contribution in [3.05, 3.63) is 63.1 Å². The number of rotatable bonds is 8. The Morgan fingerprint density at radius 1 is 1.22 bits per heavy atom. The molecule has 1 aliphatic rings. The zero-order valence-electron chi connectivity index (χ0n) is 17.4. The Morgan fingerprint density at radius 2 is 2.09 bits per heavy atom. The van der Waals surface area contributed by atoms with Gasteiger partial charge in [-0.1, -0.05) is 29.3 Å². The van der Waals surface area contributed by atoms with Gasteiger partial charge in [0.1, 0.15) is 17.3 Å². The van der Waals surface area contributed by atoms with Crippen molar-refractivity contribution < 1.29 is 19.0 Å². The highest BCUT2D eigenvalue weighted by molar-refractivity contribution is 7.13. The lowest BCUT2D eigenvalue weighted by Crippen LogP contribution is -2.31. The first kappa shape index (κ1) is 22.9. The molecule has 168 valence electrons. The zero-order chi connectivity index (χ0) is 22.5. The smallest absolute Gasteiger partial charge is 0.270 e. The molecule has 1 aromatic heterocycles. The lowest BCUT2D eigenvalue weighted by atomic mass is 10.2. The monoisotopic (exact) mass is 492 g/mol. The van der Waals surface area contributed by atoms with Crippen molar-refractivity contribution in [3.8, 4) is 22.1 Å². The van der Waals surface area contributed by atoms with E-state index in [1.54, 1.807) is 24.6 Å². The van der Waals surface area contributed by atoms with Crippen LogP contribution in [0.4, 0.5) is 0 Å². The standard InChI is InChI=1S/C23H22Cl2N2O4S/c1-29-21-10-15(5-7-20(21)31-12-14-4-6-17(24)18(25)9-14)23-27-19(13-32-23)22(28)26-11-16-3-2-8-30-16/h4-7,9-10,13,16H,2-3,8,11-12H2,1H3,(H,26,28)/t16-/m0/s1. The molecule has 1 fully saturated rings. The molecule has 1 aliphatic heterocycles. The molecule has 0 spiro atoms. The Bertz CT molecular complexity index is 1100. The first-order valence-electron chi connectivity index (χ1n) is 10.1. The summed E-state index contributed by atoms with van der Waals surface area (Å²) in [5.41, 5.74) is 2.12.